The number of carboxylic acids is 1. The summed E-state index contributed by atoms with van der Waals surface area (Å²) in [4.78, 5) is 25.1. The number of rotatable bonds is 2. The molecular weight excluding hydrogens is 232 g/mol. The van der Waals surface area contributed by atoms with Crippen molar-refractivity contribution in [2.75, 3.05) is 13.1 Å². The largest absolute Gasteiger partial charge is 0.481 e. The van der Waals surface area contributed by atoms with Gasteiger partial charge in [-0.1, -0.05) is 0 Å². The smallest absolute Gasteiger partial charge is 0.311 e. The van der Waals surface area contributed by atoms with Gasteiger partial charge in [-0.3, -0.25) is 9.59 Å². The van der Waals surface area contributed by atoms with Crippen LogP contribution in [0.1, 0.15) is 29.5 Å². The number of carbonyl (C=O) groups is 2. The van der Waals surface area contributed by atoms with Gasteiger partial charge in [0.25, 0.3) is 5.91 Å². The predicted molar refractivity (Wildman–Crippen MR) is 66.4 cm³/mol. The van der Waals surface area contributed by atoms with Crippen molar-refractivity contribution in [3.05, 3.63) is 23.5 Å². The second-order valence-corrected chi connectivity index (χ2v) is 5.26. The molecule has 98 valence electrons. The van der Waals surface area contributed by atoms with Gasteiger partial charge in [-0.05, 0) is 32.4 Å². The highest BCUT2D eigenvalue weighted by atomic mass is 16.4. The molecule has 0 aliphatic carbocycles. The van der Waals surface area contributed by atoms with Gasteiger partial charge in [0, 0.05) is 25.8 Å². The first kappa shape index (κ1) is 12.7. The molecular formula is C13H18N2O3. The monoisotopic (exact) mass is 250 g/mol. The van der Waals surface area contributed by atoms with E-state index in [9.17, 15) is 9.59 Å². The van der Waals surface area contributed by atoms with Crippen molar-refractivity contribution in [3.8, 4) is 0 Å². The molecule has 2 rings (SSSR count). The lowest BCUT2D eigenvalue weighted by Crippen LogP contribution is -2.35. The van der Waals surface area contributed by atoms with E-state index in [0.717, 1.165) is 5.69 Å². The van der Waals surface area contributed by atoms with Crippen LogP contribution in [-0.4, -0.2) is 39.5 Å². The maximum atomic E-state index is 12.3. The number of aliphatic carboxylic acids is 1. The molecule has 0 bridgehead atoms. The minimum absolute atomic E-state index is 0.0874. The van der Waals surface area contributed by atoms with Crippen LogP contribution >= 0.6 is 0 Å². The molecule has 0 aromatic carbocycles. The molecule has 5 nitrogen and oxygen atoms in total. The quantitative estimate of drug-likeness (QED) is 0.859. The van der Waals surface area contributed by atoms with Gasteiger partial charge >= 0.3 is 5.97 Å². The van der Waals surface area contributed by atoms with Crippen LogP contribution in [0.2, 0.25) is 0 Å². The molecule has 1 N–H and O–H groups in total. The fraction of sp³-hybridized carbons (Fsp3) is 0.538. The van der Waals surface area contributed by atoms with Crippen molar-refractivity contribution < 1.29 is 14.7 Å². The number of carbonyl (C=O) groups excluding carboxylic acids is 1. The van der Waals surface area contributed by atoms with Crippen LogP contribution in [0.15, 0.2) is 12.1 Å². The van der Waals surface area contributed by atoms with Crippen LogP contribution in [0.25, 0.3) is 0 Å². The first-order valence-corrected chi connectivity index (χ1v) is 6.00. The number of likely N-dealkylation sites (tertiary alicyclic amines) is 1. The van der Waals surface area contributed by atoms with Gasteiger partial charge in [0.05, 0.1) is 5.41 Å². The van der Waals surface area contributed by atoms with E-state index < -0.39 is 11.4 Å². The molecule has 0 radical (unpaired) electrons. The van der Waals surface area contributed by atoms with E-state index in [1.54, 1.807) is 17.9 Å². The van der Waals surface area contributed by atoms with Crippen molar-refractivity contribution in [1.82, 2.24) is 9.47 Å². The van der Waals surface area contributed by atoms with Crippen molar-refractivity contribution in [1.29, 1.82) is 0 Å². The molecule has 1 aliphatic heterocycles. The fourth-order valence-electron chi connectivity index (χ4n) is 2.30. The maximum Gasteiger partial charge on any atom is 0.311 e. The van der Waals surface area contributed by atoms with E-state index in [1.165, 1.54) is 0 Å². The van der Waals surface area contributed by atoms with Gasteiger partial charge in [0.1, 0.15) is 5.69 Å². The normalized spacial score (nSPS) is 23.4. The van der Waals surface area contributed by atoms with E-state index in [2.05, 4.69) is 0 Å². The first-order valence-electron chi connectivity index (χ1n) is 6.00. The summed E-state index contributed by atoms with van der Waals surface area (Å²) in [6.07, 6.45) is 0.511. The second-order valence-electron chi connectivity index (χ2n) is 5.26. The topological polar surface area (TPSA) is 62.5 Å². The molecule has 0 unspecified atom stereocenters. The number of amides is 1. The van der Waals surface area contributed by atoms with Gasteiger partial charge in [-0.2, -0.15) is 0 Å². The van der Waals surface area contributed by atoms with Gasteiger partial charge in [-0.25, -0.2) is 0 Å². The van der Waals surface area contributed by atoms with E-state index in [-0.39, 0.29) is 12.5 Å². The Kier molecular flexibility index (Phi) is 2.92. The molecule has 1 atom stereocenters. The molecule has 5 heteroatoms. The van der Waals surface area contributed by atoms with E-state index >= 15 is 0 Å². The Balaban J connectivity index is 2.18. The zero-order valence-corrected chi connectivity index (χ0v) is 10.9. The predicted octanol–water partition coefficient (Wildman–Crippen LogP) is 1.27. The van der Waals surface area contributed by atoms with Crippen LogP contribution < -0.4 is 0 Å². The number of aromatic nitrogens is 1. The Morgan fingerprint density at radius 1 is 1.39 bits per heavy atom. The minimum Gasteiger partial charge on any atom is -0.481 e. The molecule has 1 aliphatic rings. The SMILES string of the molecule is Cc1ccc(C(=O)N2CC[C@](C)(C(=O)O)C2)n1C. The van der Waals surface area contributed by atoms with Crippen molar-refractivity contribution in [2.45, 2.75) is 20.3 Å². The van der Waals surface area contributed by atoms with E-state index in [4.69, 9.17) is 5.11 Å². The third-order valence-corrected chi connectivity index (χ3v) is 3.87. The molecule has 0 spiro atoms. The maximum absolute atomic E-state index is 12.3. The van der Waals surface area contributed by atoms with Gasteiger partial charge in [0.15, 0.2) is 0 Å². The highest BCUT2D eigenvalue weighted by Gasteiger charge is 2.42. The molecule has 1 aromatic rings. The fourth-order valence-corrected chi connectivity index (χ4v) is 2.30. The molecule has 0 saturated carbocycles. The Bertz CT molecular complexity index is 506. The standard InChI is InChI=1S/C13H18N2O3/c1-9-4-5-10(14(9)3)11(16)15-7-6-13(2,8-15)12(17)18/h4-5H,6-8H2,1-3H3,(H,17,18)/t13-/m0/s1. The molecule has 1 aromatic heterocycles. The zero-order valence-electron chi connectivity index (χ0n) is 10.9. The summed E-state index contributed by atoms with van der Waals surface area (Å²) >= 11 is 0. The third kappa shape index (κ3) is 1.89. The summed E-state index contributed by atoms with van der Waals surface area (Å²) in [7, 11) is 1.84. The molecule has 1 amide bonds. The van der Waals surface area contributed by atoms with Gasteiger partial charge in [-0.15, -0.1) is 0 Å². The number of carboxylic acid groups (broad SMARTS) is 1. The average molecular weight is 250 g/mol. The third-order valence-electron chi connectivity index (χ3n) is 3.87. The van der Waals surface area contributed by atoms with Crippen molar-refractivity contribution in [3.63, 3.8) is 0 Å². The van der Waals surface area contributed by atoms with E-state index in [0.29, 0.717) is 18.7 Å². The summed E-state index contributed by atoms with van der Waals surface area (Å²) in [5, 5.41) is 9.16. The lowest BCUT2D eigenvalue weighted by Gasteiger charge is -2.20. The van der Waals surface area contributed by atoms with Gasteiger partial charge < -0.3 is 14.6 Å². The molecule has 18 heavy (non-hydrogen) atoms. The Morgan fingerprint density at radius 3 is 2.50 bits per heavy atom. The van der Waals surface area contributed by atoms with Crippen molar-refractivity contribution in [2.24, 2.45) is 12.5 Å². The summed E-state index contributed by atoms with van der Waals surface area (Å²) in [6.45, 7) is 4.41. The van der Waals surface area contributed by atoms with Gasteiger partial charge in [0.2, 0.25) is 0 Å². The minimum atomic E-state index is -0.833. The highest BCUT2D eigenvalue weighted by molar-refractivity contribution is 5.93. The number of hydrogen-bond donors (Lipinski definition) is 1. The van der Waals surface area contributed by atoms with Crippen LogP contribution in [0, 0.1) is 12.3 Å². The van der Waals surface area contributed by atoms with Crippen molar-refractivity contribution >= 4 is 11.9 Å². The average Bonchev–Trinajstić information content (AvgIpc) is 2.85. The number of aryl methyl sites for hydroxylation is 1. The summed E-state index contributed by atoms with van der Waals surface area (Å²) in [5.41, 5.74) is 0.816. The number of nitrogens with zero attached hydrogens (tertiary/aromatic N) is 2. The Labute approximate surface area is 106 Å². The van der Waals surface area contributed by atoms with Crippen LogP contribution in [0.4, 0.5) is 0 Å². The number of hydrogen-bond acceptors (Lipinski definition) is 2. The van der Waals surface area contributed by atoms with Crippen LogP contribution in [0.3, 0.4) is 0 Å². The lowest BCUT2D eigenvalue weighted by atomic mass is 9.90. The van der Waals surface area contributed by atoms with Crippen LogP contribution in [0.5, 0.6) is 0 Å². The summed E-state index contributed by atoms with van der Waals surface area (Å²) in [6, 6.07) is 3.67. The molecule has 1 saturated heterocycles. The zero-order chi connectivity index (χ0) is 13.5. The lowest BCUT2D eigenvalue weighted by molar-refractivity contribution is -0.147. The van der Waals surface area contributed by atoms with Crippen LogP contribution in [-0.2, 0) is 11.8 Å². The summed E-state index contributed by atoms with van der Waals surface area (Å²) in [5.74, 6) is -0.920. The second kappa shape index (κ2) is 4.15. The van der Waals surface area contributed by atoms with E-state index in [1.807, 2.05) is 24.6 Å². The summed E-state index contributed by atoms with van der Waals surface area (Å²) < 4.78 is 1.83. The molecule has 2 heterocycles. The molecule has 1 fully saturated rings. The Hall–Kier alpha value is -1.78. The highest BCUT2D eigenvalue weighted by Crippen LogP contribution is 2.31. The Morgan fingerprint density at radius 2 is 2.06 bits per heavy atom. The first-order chi connectivity index (χ1) is 8.35.